The highest BCUT2D eigenvalue weighted by molar-refractivity contribution is 6.28. The molecule has 142 heavy (non-hydrogen) atoms. The Morgan fingerprint density at radius 2 is 0.585 bits per heavy atom. The molecule has 12 heterocycles. The van der Waals surface area contributed by atoms with E-state index in [9.17, 15) is 147 Å². The summed E-state index contributed by atoms with van der Waals surface area (Å²) in [6.45, 7) is -1.53. The van der Waals surface area contributed by atoms with E-state index in [0.29, 0.717) is 50.8 Å². The summed E-state index contributed by atoms with van der Waals surface area (Å²) >= 11 is 5.73. The van der Waals surface area contributed by atoms with Crippen LogP contribution in [0.25, 0.3) is 63.4 Å². The molecule has 4 aliphatic rings. The molecule has 4 aliphatic heterocycles. The van der Waals surface area contributed by atoms with E-state index in [4.69, 9.17) is 11.6 Å². The Morgan fingerprint density at radius 1 is 0.324 bits per heavy atom. The van der Waals surface area contributed by atoms with E-state index in [1.54, 1.807) is 20.2 Å². The van der Waals surface area contributed by atoms with Crippen LogP contribution >= 0.6 is 11.6 Å². The van der Waals surface area contributed by atoms with Crippen molar-refractivity contribution in [3.63, 3.8) is 0 Å². The minimum atomic E-state index is -4.86. The zero-order valence-corrected chi connectivity index (χ0v) is 73.7. The van der Waals surface area contributed by atoms with Crippen LogP contribution in [0.2, 0.25) is 5.28 Å². The van der Waals surface area contributed by atoms with Crippen molar-refractivity contribution in [2.75, 3.05) is 93.6 Å². The van der Waals surface area contributed by atoms with Crippen LogP contribution in [-0.2, 0) is 19.2 Å². The Morgan fingerprint density at radius 3 is 0.838 bits per heavy atom. The quantitative estimate of drug-likeness (QED) is 0.0581. The molecule has 4 amide bonds. The van der Waals surface area contributed by atoms with Crippen molar-refractivity contribution in [2.24, 2.45) is 0 Å². The van der Waals surface area contributed by atoms with Crippen LogP contribution in [-0.4, -0.2) is 224 Å². The summed E-state index contributed by atoms with van der Waals surface area (Å²) in [7, 11) is 5.02. The zero-order valence-electron chi connectivity index (χ0n) is 72.9. The summed E-state index contributed by atoms with van der Waals surface area (Å²) < 4.78 is 386. The molecule has 758 valence electrons. The summed E-state index contributed by atoms with van der Waals surface area (Å²) in [6.07, 6.45) is -28.2. The first kappa shape index (κ1) is 106. The first-order valence-corrected chi connectivity index (χ1v) is 41.3. The summed E-state index contributed by atoms with van der Waals surface area (Å²) in [5.74, 6) is -11.6. The van der Waals surface area contributed by atoms with Gasteiger partial charge in [-0.05, 0) is 66.6 Å². The number of amides is 4. The van der Waals surface area contributed by atoms with Crippen molar-refractivity contribution < 1.29 is 147 Å². The van der Waals surface area contributed by atoms with Gasteiger partial charge in [0.1, 0.15) is 117 Å². The number of benzene rings is 4. The van der Waals surface area contributed by atoms with Gasteiger partial charge in [-0.1, -0.05) is 6.92 Å². The maximum Gasteiger partial charge on any atom is 0.391 e. The molecule has 0 saturated heterocycles. The number of alkyl halides is 21. The maximum atomic E-state index is 14.4. The van der Waals surface area contributed by atoms with Crippen molar-refractivity contribution in [3.05, 3.63) is 199 Å². The number of likely N-dealkylation sites (N-methyl/N-ethyl adjacent to an activating group) is 4. The highest BCUT2D eigenvalue weighted by atomic mass is 35.5. The van der Waals surface area contributed by atoms with Crippen molar-refractivity contribution in [1.82, 2.24) is 78.5 Å². The molecule has 0 saturated carbocycles. The summed E-state index contributed by atoms with van der Waals surface area (Å²) in [6, 6.07) is 4.79. The second-order valence-corrected chi connectivity index (χ2v) is 31.4. The average molecular weight is 2060 g/mol. The minimum absolute atomic E-state index is 0.0663. The van der Waals surface area contributed by atoms with E-state index in [1.807, 2.05) is 0 Å². The van der Waals surface area contributed by atoms with E-state index in [-0.39, 0.29) is 116 Å². The second kappa shape index (κ2) is 42.0. The van der Waals surface area contributed by atoms with Crippen molar-refractivity contribution >= 4 is 81.3 Å². The lowest BCUT2D eigenvalue weighted by molar-refractivity contribution is -0.148. The number of hydrogen-bond donors (Lipinski definition) is 1. The maximum absolute atomic E-state index is 14.4. The number of aromatic amines is 1. The van der Waals surface area contributed by atoms with Gasteiger partial charge in [0.05, 0.1) is 92.0 Å². The number of nitrogens with one attached hydrogen (secondary N) is 1. The van der Waals surface area contributed by atoms with E-state index >= 15 is 0 Å². The molecule has 28 nitrogen and oxygen atoms in total. The molecule has 8 aromatic heterocycles. The molecule has 1 N–H and O–H groups in total. The predicted molar refractivity (Wildman–Crippen MR) is 448 cm³/mol. The van der Waals surface area contributed by atoms with Crippen LogP contribution in [0.15, 0.2) is 147 Å². The number of nitrogens with zero attached hydrogens (tertiary/aromatic N) is 23. The zero-order chi connectivity index (χ0) is 104. The number of carbonyl (C=O) groups excluding carboxylic acids is 4. The molecule has 2 unspecified atom stereocenters. The number of halogens is 30. The lowest BCUT2D eigenvalue weighted by Gasteiger charge is -2.41. The number of hydrogen-bond acceptors (Lipinski definition) is 20. The molecule has 58 heteroatoms. The van der Waals surface area contributed by atoms with Crippen molar-refractivity contribution in [3.8, 4) is 63.4 Å². The Labute approximate surface area is 785 Å². The molecule has 0 radical (unpaired) electrons. The van der Waals surface area contributed by atoms with Crippen LogP contribution in [0.4, 0.5) is 173 Å². The van der Waals surface area contributed by atoms with Gasteiger partial charge in [0, 0.05) is 128 Å². The molecular formula is C84H68ClF29N24O4. The third-order valence-electron chi connectivity index (χ3n) is 21.4. The van der Waals surface area contributed by atoms with Gasteiger partial charge >= 0.3 is 43.2 Å². The summed E-state index contributed by atoms with van der Waals surface area (Å²) in [5.41, 5.74) is -0.170. The van der Waals surface area contributed by atoms with Gasteiger partial charge in [-0.25, -0.2) is 75.0 Å². The molecule has 4 aromatic carbocycles. The monoisotopic (exact) mass is 2060 g/mol. The van der Waals surface area contributed by atoms with Gasteiger partial charge in [-0.2, -0.15) is 112 Å². The minimum Gasteiger partial charge on any atom is -0.345 e. The van der Waals surface area contributed by atoms with Crippen LogP contribution in [0.3, 0.4) is 0 Å². The molecule has 0 aliphatic carbocycles. The number of aromatic nitrogens is 16. The van der Waals surface area contributed by atoms with Gasteiger partial charge in [-0.15, -0.1) is 0 Å². The summed E-state index contributed by atoms with van der Waals surface area (Å²) in [5, 5.41) is -0.0663. The predicted octanol–water partition coefficient (Wildman–Crippen LogP) is 19.0. The lowest BCUT2D eigenvalue weighted by Crippen LogP contribution is -2.55. The highest BCUT2D eigenvalue weighted by Crippen LogP contribution is 2.45. The number of imidazole rings is 4. The fourth-order valence-corrected chi connectivity index (χ4v) is 15.0. The third-order valence-corrected chi connectivity index (χ3v) is 21.6. The van der Waals surface area contributed by atoms with Gasteiger partial charge in [-0.3, -0.25) is 32.9 Å². The highest BCUT2D eigenvalue weighted by Gasteiger charge is 2.51. The number of anilines is 8. The molecule has 0 spiro atoms. The third kappa shape index (κ3) is 25.6. The fraction of sp³-hybridized carbons (Fsp3) is 0.333. The average Bonchev–Trinajstić information content (AvgIpc) is 1.09. The van der Waals surface area contributed by atoms with E-state index in [0.717, 1.165) is 111 Å². The molecule has 0 fully saturated rings. The molecule has 0 bridgehead atoms. The molecule has 16 rings (SSSR count). The molecule has 4 atom stereocenters. The van der Waals surface area contributed by atoms with Crippen LogP contribution in [0, 0.1) is 46.5 Å². The summed E-state index contributed by atoms with van der Waals surface area (Å²) in [4.78, 5) is 108. The Kier molecular flexibility index (Phi) is 31.5. The van der Waals surface area contributed by atoms with Gasteiger partial charge in [0.2, 0.25) is 46.8 Å². The number of fused-ring (bicyclic) bond motifs is 4. The van der Waals surface area contributed by atoms with Gasteiger partial charge in [0.15, 0.2) is 23.3 Å². The van der Waals surface area contributed by atoms with Gasteiger partial charge in [0.25, 0.3) is 0 Å². The smallest absolute Gasteiger partial charge is 0.345 e. The Hall–Kier alpha value is -14.6. The van der Waals surface area contributed by atoms with E-state index in [2.05, 4.69) is 64.8 Å². The topological polar surface area (TPSA) is 279 Å². The number of H-pyrrole nitrogens is 1. The number of rotatable bonds is 19. The SMILES string of the molecule is CCC1C(=O)N(C)c2cnc(Cl)nc2N1CCC(F)(F)F.CN1C(=O)C(CC(F)(F)F)N(CCC(F)(F)F)c2nc(-n3ccnc3-c3ccc(F)cc3F)ncc21.CN1C(=O)[C@@H](CC(F)(F)F)N(CCC(F)(F)F)c2nc(-n3ccnc3-c3ccc(F)cc3F)ncc21.CN1C(=O)[C@H](CC(F)(F)F)N(CCC(F)(F)F)c2nc(-n3ccnc3-c3ccc(F)cc3F)ncc21.Fc1ccc(-c2ncc[nH]2)c(F)c1. The Bertz CT molecular complexity index is 6080. The fourth-order valence-electron chi connectivity index (χ4n) is 14.8. The largest absolute Gasteiger partial charge is 0.391 e. The van der Waals surface area contributed by atoms with Gasteiger partial charge < -0.3 is 44.2 Å². The van der Waals surface area contributed by atoms with E-state index in [1.165, 1.54) is 71.5 Å². The number of carbonyl (C=O) groups is 4. The van der Waals surface area contributed by atoms with Crippen LogP contribution in [0.5, 0.6) is 0 Å². The van der Waals surface area contributed by atoms with Crippen molar-refractivity contribution in [1.29, 1.82) is 0 Å². The normalized spacial score (nSPS) is 16.3. The first-order chi connectivity index (χ1) is 66.3. The first-order valence-electron chi connectivity index (χ1n) is 41.0. The van der Waals surface area contributed by atoms with E-state index < -0.39 is 196 Å². The van der Waals surface area contributed by atoms with Crippen LogP contribution in [0.1, 0.15) is 58.3 Å². The lowest BCUT2D eigenvalue weighted by atomic mass is 10.1. The van der Waals surface area contributed by atoms with Crippen LogP contribution < -0.4 is 39.2 Å². The second-order valence-electron chi connectivity index (χ2n) is 31.0. The molecular weight excluding hydrogens is 2000 g/mol. The van der Waals surface area contributed by atoms with Crippen molar-refractivity contribution in [2.45, 2.75) is 126 Å². The Balaban J connectivity index is 0.000000164. The molecule has 12 aromatic rings. The standard InChI is InChI=1S/3C21H16F8N6O.C12H14ClF3N4O.C9H6F2N2/c3*1-33-15-10-31-19(35-7-5-30-16(35)12-3-2-11(22)8-13(12)23)32-17(15)34(6-4-20(24,25)26)14(18(33)36)9-21(27,28)29;1-3-7-10(21)19(2)8-6-17-11(13)18-9(8)20(7)5-4-12(14,15)16;10-6-1-2-7(8(11)5-6)9-12-3-4-13-9/h3*2-3,5,7-8,10,14H,4,6,9H2,1H3;6-7H,3-5H2,1-2H3;1-5H,(H,12,13)/t2*14-;;;/m10.../s1.